The zero-order valence-corrected chi connectivity index (χ0v) is 13.4. The zero-order valence-electron chi connectivity index (χ0n) is 13.4. The zero-order chi connectivity index (χ0) is 15.8. The molecule has 0 spiro atoms. The van der Waals surface area contributed by atoms with Gasteiger partial charge in [0.05, 0.1) is 6.54 Å². The summed E-state index contributed by atoms with van der Waals surface area (Å²) in [5.74, 6) is 0.0193. The molecule has 1 fully saturated rings. The van der Waals surface area contributed by atoms with Gasteiger partial charge in [-0.1, -0.05) is 24.3 Å². The molecule has 1 aromatic rings. The number of piperidine rings is 1. The summed E-state index contributed by atoms with van der Waals surface area (Å²) in [5.41, 5.74) is 2.56. The van der Waals surface area contributed by atoms with Crippen molar-refractivity contribution >= 4 is 11.8 Å². The maximum atomic E-state index is 12.0. The molecule has 0 aliphatic carbocycles. The molecule has 2 amide bonds. The number of carbonyl (C=O) groups excluding carboxylic acids is 2. The number of benzene rings is 1. The van der Waals surface area contributed by atoms with Crippen LogP contribution in [-0.2, 0) is 16.0 Å². The minimum atomic E-state index is -0.0288. The van der Waals surface area contributed by atoms with Gasteiger partial charge in [-0.25, -0.2) is 0 Å². The molecule has 0 atom stereocenters. The van der Waals surface area contributed by atoms with E-state index in [1.54, 1.807) is 0 Å². The lowest BCUT2D eigenvalue weighted by atomic mass is 10.0. The van der Waals surface area contributed by atoms with Crippen LogP contribution in [0.5, 0.6) is 0 Å². The summed E-state index contributed by atoms with van der Waals surface area (Å²) in [4.78, 5) is 25.6. The van der Waals surface area contributed by atoms with Crippen molar-refractivity contribution in [1.29, 1.82) is 0 Å². The molecule has 22 heavy (non-hydrogen) atoms. The van der Waals surface area contributed by atoms with Crippen LogP contribution in [0.1, 0.15) is 43.2 Å². The molecule has 1 aliphatic heterocycles. The minimum Gasteiger partial charge on any atom is -0.347 e. The Morgan fingerprint density at radius 1 is 1.14 bits per heavy atom. The minimum absolute atomic E-state index is 0.0288. The lowest BCUT2D eigenvalue weighted by molar-refractivity contribution is -0.133. The van der Waals surface area contributed by atoms with Crippen molar-refractivity contribution in [2.75, 3.05) is 19.6 Å². The summed E-state index contributed by atoms with van der Waals surface area (Å²) in [6.07, 6.45) is 5.55. The summed E-state index contributed by atoms with van der Waals surface area (Å²) in [5, 5.41) is 2.75. The molecule has 4 heteroatoms. The molecule has 0 saturated carbocycles. The highest BCUT2D eigenvalue weighted by Crippen LogP contribution is 2.11. The molecule has 0 radical (unpaired) electrons. The Balaban J connectivity index is 1.63. The van der Waals surface area contributed by atoms with E-state index in [1.165, 1.54) is 17.5 Å². The van der Waals surface area contributed by atoms with E-state index >= 15 is 0 Å². The Morgan fingerprint density at radius 3 is 2.59 bits per heavy atom. The van der Waals surface area contributed by atoms with Crippen LogP contribution < -0.4 is 5.32 Å². The van der Waals surface area contributed by atoms with Crippen LogP contribution >= 0.6 is 0 Å². The molecule has 1 heterocycles. The van der Waals surface area contributed by atoms with Gasteiger partial charge in [-0.05, 0) is 50.2 Å². The molecule has 1 saturated heterocycles. The highest BCUT2D eigenvalue weighted by atomic mass is 16.2. The van der Waals surface area contributed by atoms with Crippen molar-refractivity contribution < 1.29 is 9.59 Å². The number of nitrogens with one attached hydrogen (secondary N) is 1. The second-order valence-corrected chi connectivity index (χ2v) is 6.00. The maximum Gasteiger partial charge on any atom is 0.241 e. The number of nitrogens with zero attached hydrogens (tertiary/aromatic N) is 1. The Bertz CT molecular complexity index is 508. The van der Waals surface area contributed by atoms with Crippen LogP contribution in [0.4, 0.5) is 0 Å². The molecular weight excluding hydrogens is 276 g/mol. The lowest BCUT2D eigenvalue weighted by Gasteiger charge is -2.26. The van der Waals surface area contributed by atoms with Gasteiger partial charge in [-0.15, -0.1) is 0 Å². The summed E-state index contributed by atoms with van der Waals surface area (Å²) in [6.45, 7) is 3.90. The number of hydrogen-bond donors (Lipinski definition) is 1. The van der Waals surface area contributed by atoms with E-state index in [4.69, 9.17) is 0 Å². The van der Waals surface area contributed by atoms with E-state index in [0.717, 1.165) is 38.8 Å². The summed E-state index contributed by atoms with van der Waals surface area (Å²) in [7, 11) is 0. The fraction of sp³-hybridized carbons (Fsp3) is 0.556. The Labute approximate surface area is 132 Å². The van der Waals surface area contributed by atoms with E-state index in [2.05, 4.69) is 24.4 Å². The third kappa shape index (κ3) is 5.17. The van der Waals surface area contributed by atoms with Crippen LogP contribution in [-0.4, -0.2) is 36.3 Å². The van der Waals surface area contributed by atoms with Crippen molar-refractivity contribution in [2.45, 2.75) is 45.4 Å². The average Bonchev–Trinajstić information content (AvgIpc) is 2.55. The smallest absolute Gasteiger partial charge is 0.241 e. The van der Waals surface area contributed by atoms with Crippen molar-refractivity contribution in [3.8, 4) is 0 Å². The SMILES string of the molecule is Cc1ccccc1CCCC(=O)NCC(=O)N1CCCCC1. The molecule has 0 bridgehead atoms. The van der Waals surface area contributed by atoms with Gasteiger partial charge in [0, 0.05) is 19.5 Å². The Morgan fingerprint density at radius 2 is 1.86 bits per heavy atom. The molecule has 4 nitrogen and oxygen atoms in total. The molecule has 120 valence electrons. The Kier molecular flexibility index (Phi) is 6.44. The topological polar surface area (TPSA) is 49.4 Å². The van der Waals surface area contributed by atoms with Gasteiger partial charge < -0.3 is 10.2 Å². The van der Waals surface area contributed by atoms with Crippen LogP contribution in [0.2, 0.25) is 0 Å². The predicted molar refractivity (Wildman–Crippen MR) is 87.6 cm³/mol. The second kappa shape index (κ2) is 8.57. The number of likely N-dealkylation sites (tertiary alicyclic amines) is 1. The van der Waals surface area contributed by atoms with Crippen LogP contribution in [0.15, 0.2) is 24.3 Å². The summed E-state index contributed by atoms with van der Waals surface area (Å²) in [6, 6.07) is 8.25. The highest BCUT2D eigenvalue weighted by molar-refractivity contribution is 5.84. The van der Waals surface area contributed by atoms with Crippen LogP contribution in [0.3, 0.4) is 0 Å². The van der Waals surface area contributed by atoms with Crippen LogP contribution in [0.25, 0.3) is 0 Å². The van der Waals surface area contributed by atoms with Crippen molar-refractivity contribution in [2.24, 2.45) is 0 Å². The van der Waals surface area contributed by atoms with E-state index < -0.39 is 0 Å². The number of aryl methyl sites for hydroxylation is 2. The van der Waals surface area contributed by atoms with Gasteiger partial charge in [-0.3, -0.25) is 9.59 Å². The Hall–Kier alpha value is -1.84. The van der Waals surface area contributed by atoms with E-state index in [-0.39, 0.29) is 18.4 Å². The number of amides is 2. The maximum absolute atomic E-state index is 12.0. The summed E-state index contributed by atoms with van der Waals surface area (Å²) < 4.78 is 0. The molecular formula is C18H26N2O2. The fourth-order valence-electron chi connectivity index (χ4n) is 2.85. The quantitative estimate of drug-likeness (QED) is 0.877. The molecule has 0 unspecified atom stereocenters. The lowest BCUT2D eigenvalue weighted by Crippen LogP contribution is -2.42. The first-order valence-electron chi connectivity index (χ1n) is 8.26. The monoisotopic (exact) mass is 302 g/mol. The first-order valence-corrected chi connectivity index (χ1v) is 8.26. The first kappa shape index (κ1) is 16.5. The summed E-state index contributed by atoms with van der Waals surface area (Å²) >= 11 is 0. The van der Waals surface area contributed by atoms with Crippen molar-refractivity contribution in [1.82, 2.24) is 10.2 Å². The number of rotatable bonds is 6. The van der Waals surface area contributed by atoms with Crippen molar-refractivity contribution in [3.05, 3.63) is 35.4 Å². The van der Waals surface area contributed by atoms with Gasteiger partial charge in [0.2, 0.25) is 11.8 Å². The predicted octanol–water partition coefficient (Wildman–Crippen LogP) is 2.45. The normalized spacial score (nSPS) is 14.7. The highest BCUT2D eigenvalue weighted by Gasteiger charge is 2.16. The number of hydrogen-bond acceptors (Lipinski definition) is 2. The largest absolute Gasteiger partial charge is 0.347 e. The van der Waals surface area contributed by atoms with E-state index in [9.17, 15) is 9.59 Å². The molecule has 0 aromatic heterocycles. The van der Waals surface area contributed by atoms with Gasteiger partial charge in [0.25, 0.3) is 0 Å². The third-order valence-corrected chi connectivity index (χ3v) is 4.26. The first-order chi connectivity index (χ1) is 10.7. The second-order valence-electron chi connectivity index (χ2n) is 6.00. The average molecular weight is 302 g/mol. The standard InChI is InChI=1S/C18H26N2O2/c1-15-8-3-4-9-16(15)10-7-11-17(21)19-14-18(22)20-12-5-2-6-13-20/h3-4,8-9H,2,5-7,10-14H2,1H3,(H,19,21). The van der Waals surface area contributed by atoms with Gasteiger partial charge in [0.15, 0.2) is 0 Å². The molecule has 1 aromatic carbocycles. The van der Waals surface area contributed by atoms with E-state index in [1.807, 2.05) is 17.0 Å². The molecule has 1 aliphatic rings. The van der Waals surface area contributed by atoms with Gasteiger partial charge in [-0.2, -0.15) is 0 Å². The number of carbonyl (C=O) groups is 2. The van der Waals surface area contributed by atoms with Gasteiger partial charge in [0.1, 0.15) is 0 Å². The fourth-order valence-corrected chi connectivity index (χ4v) is 2.85. The molecule has 1 N–H and O–H groups in total. The molecule has 2 rings (SSSR count). The van der Waals surface area contributed by atoms with Crippen LogP contribution in [0, 0.1) is 6.92 Å². The van der Waals surface area contributed by atoms with Gasteiger partial charge >= 0.3 is 0 Å². The third-order valence-electron chi connectivity index (χ3n) is 4.26. The van der Waals surface area contributed by atoms with Crippen molar-refractivity contribution in [3.63, 3.8) is 0 Å². The van der Waals surface area contributed by atoms with E-state index in [0.29, 0.717) is 6.42 Å².